The van der Waals surface area contributed by atoms with Crippen molar-refractivity contribution in [3.63, 3.8) is 0 Å². The molecule has 2 heterocycles. The van der Waals surface area contributed by atoms with Crippen molar-refractivity contribution in [2.45, 2.75) is 20.4 Å². The molecular weight excluding hydrogens is 339 g/mol. The number of hydrogen-bond donors (Lipinski definition) is 0. The summed E-state index contributed by atoms with van der Waals surface area (Å²) in [5, 5.41) is 0. The molecule has 0 spiro atoms. The predicted molar refractivity (Wildman–Crippen MR) is 93.8 cm³/mol. The van der Waals surface area contributed by atoms with Crippen molar-refractivity contribution in [2.24, 2.45) is 0 Å². The number of halogens is 1. The monoisotopic (exact) mass is 358 g/mol. The second-order valence-corrected chi connectivity index (χ2v) is 5.57. The van der Waals surface area contributed by atoms with Gasteiger partial charge in [-0.25, -0.2) is 9.18 Å². The second kappa shape index (κ2) is 7.43. The molecule has 0 saturated carbocycles. The first-order valence-corrected chi connectivity index (χ1v) is 8.34. The number of carbonyl (C=O) groups excluding carboxylic acids is 2. The Hall–Kier alpha value is -3.09. The lowest BCUT2D eigenvalue weighted by Crippen LogP contribution is -2.18. The number of esters is 2. The molecule has 0 aliphatic carbocycles. The number of benzene rings is 1. The number of rotatable bonds is 6. The zero-order chi connectivity index (χ0) is 18.7. The van der Waals surface area contributed by atoms with Gasteiger partial charge in [0.25, 0.3) is 0 Å². The van der Waals surface area contributed by atoms with Gasteiger partial charge in [0.2, 0.25) is 0 Å². The summed E-state index contributed by atoms with van der Waals surface area (Å²) in [6.45, 7) is 3.83. The molecule has 6 nitrogen and oxygen atoms in total. The fourth-order valence-corrected chi connectivity index (χ4v) is 2.85. The number of carbonyl (C=O) groups is 2. The van der Waals surface area contributed by atoms with Crippen molar-refractivity contribution in [1.82, 2.24) is 9.13 Å². The summed E-state index contributed by atoms with van der Waals surface area (Å²) < 4.78 is 26.7. The van der Waals surface area contributed by atoms with Crippen LogP contribution in [0.4, 0.5) is 4.39 Å². The van der Waals surface area contributed by atoms with E-state index in [4.69, 9.17) is 9.47 Å². The molecule has 0 radical (unpaired) electrons. The maximum absolute atomic E-state index is 13.2. The SMILES string of the molecule is CCOC(=O)Cn1c(C(=O)OCC)cc2c1ccn2-c1ccc(F)cc1. The number of hydrogen-bond acceptors (Lipinski definition) is 4. The fraction of sp³-hybridized carbons (Fsp3) is 0.263. The van der Waals surface area contributed by atoms with E-state index in [9.17, 15) is 14.0 Å². The van der Waals surface area contributed by atoms with E-state index < -0.39 is 11.9 Å². The first-order valence-electron chi connectivity index (χ1n) is 8.34. The Kier molecular flexibility index (Phi) is 5.06. The average molecular weight is 358 g/mol. The number of ether oxygens (including phenoxy) is 2. The highest BCUT2D eigenvalue weighted by Crippen LogP contribution is 2.25. The smallest absolute Gasteiger partial charge is 0.355 e. The standard InChI is InChI=1S/C19H19FN2O4/c1-3-25-18(23)12-22-15-9-10-21(14-7-5-13(20)6-8-14)16(15)11-17(22)19(24)26-4-2/h5-11H,3-4,12H2,1-2H3. The highest BCUT2D eigenvalue weighted by molar-refractivity contribution is 5.96. The van der Waals surface area contributed by atoms with E-state index in [0.29, 0.717) is 11.0 Å². The molecule has 0 unspecified atom stereocenters. The zero-order valence-electron chi connectivity index (χ0n) is 14.6. The Labute approximate surface area is 149 Å². The lowest BCUT2D eigenvalue weighted by molar-refractivity contribution is -0.143. The summed E-state index contributed by atoms with van der Waals surface area (Å²) in [6, 6.07) is 9.46. The third kappa shape index (κ3) is 3.33. The summed E-state index contributed by atoms with van der Waals surface area (Å²) in [5.74, 6) is -1.28. The molecule has 2 aromatic heterocycles. The van der Waals surface area contributed by atoms with Gasteiger partial charge in [-0.2, -0.15) is 0 Å². The van der Waals surface area contributed by atoms with Crippen LogP contribution in [0.5, 0.6) is 0 Å². The van der Waals surface area contributed by atoms with Gasteiger partial charge in [0.15, 0.2) is 0 Å². The molecule has 0 N–H and O–H groups in total. The van der Waals surface area contributed by atoms with Gasteiger partial charge >= 0.3 is 11.9 Å². The summed E-state index contributed by atoms with van der Waals surface area (Å²) >= 11 is 0. The van der Waals surface area contributed by atoms with E-state index in [1.54, 1.807) is 48.9 Å². The zero-order valence-corrected chi connectivity index (χ0v) is 14.6. The van der Waals surface area contributed by atoms with Crippen molar-refractivity contribution in [1.29, 1.82) is 0 Å². The minimum Gasteiger partial charge on any atom is -0.465 e. The van der Waals surface area contributed by atoms with Crippen LogP contribution < -0.4 is 0 Å². The molecule has 0 saturated heterocycles. The fourth-order valence-electron chi connectivity index (χ4n) is 2.85. The normalized spacial score (nSPS) is 10.9. The topological polar surface area (TPSA) is 62.5 Å². The number of fused-ring (bicyclic) bond motifs is 1. The molecular formula is C19H19FN2O4. The number of nitrogens with zero attached hydrogens (tertiary/aromatic N) is 2. The first-order chi connectivity index (χ1) is 12.5. The Bertz CT molecular complexity index is 941. The third-order valence-corrected chi connectivity index (χ3v) is 3.94. The maximum atomic E-state index is 13.2. The van der Waals surface area contributed by atoms with Gasteiger partial charge in [-0.1, -0.05) is 0 Å². The minimum atomic E-state index is -0.515. The molecule has 0 aliphatic heterocycles. The highest BCUT2D eigenvalue weighted by atomic mass is 19.1. The molecule has 7 heteroatoms. The van der Waals surface area contributed by atoms with Gasteiger partial charge in [0, 0.05) is 11.9 Å². The van der Waals surface area contributed by atoms with Crippen molar-refractivity contribution in [2.75, 3.05) is 13.2 Å². The lowest BCUT2D eigenvalue weighted by atomic mass is 10.3. The average Bonchev–Trinajstić information content (AvgIpc) is 3.17. The maximum Gasteiger partial charge on any atom is 0.355 e. The molecule has 0 bridgehead atoms. The van der Waals surface area contributed by atoms with Crippen LogP contribution in [-0.2, 0) is 20.8 Å². The van der Waals surface area contributed by atoms with Gasteiger partial charge in [-0.3, -0.25) is 4.79 Å². The van der Waals surface area contributed by atoms with Crippen LogP contribution in [0.1, 0.15) is 24.3 Å². The van der Waals surface area contributed by atoms with E-state index >= 15 is 0 Å². The van der Waals surface area contributed by atoms with Crippen LogP contribution in [-0.4, -0.2) is 34.3 Å². The molecule has 0 aliphatic rings. The van der Waals surface area contributed by atoms with Crippen molar-refractivity contribution < 1.29 is 23.5 Å². The number of aromatic nitrogens is 2. The van der Waals surface area contributed by atoms with E-state index in [-0.39, 0.29) is 31.3 Å². The van der Waals surface area contributed by atoms with Crippen LogP contribution >= 0.6 is 0 Å². The van der Waals surface area contributed by atoms with Crippen molar-refractivity contribution in [3.05, 3.63) is 54.1 Å². The Morgan fingerprint density at radius 1 is 1.00 bits per heavy atom. The Morgan fingerprint density at radius 2 is 1.69 bits per heavy atom. The van der Waals surface area contributed by atoms with Crippen LogP contribution in [0.25, 0.3) is 16.7 Å². The lowest BCUT2D eigenvalue weighted by Gasteiger charge is -2.08. The van der Waals surface area contributed by atoms with E-state index in [1.165, 1.54) is 12.1 Å². The Balaban J connectivity index is 2.10. The molecule has 1 aromatic carbocycles. The molecule has 0 atom stereocenters. The molecule has 3 rings (SSSR count). The van der Waals surface area contributed by atoms with Gasteiger partial charge in [0.1, 0.15) is 18.1 Å². The van der Waals surface area contributed by atoms with Crippen LogP contribution in [0.2, 0.25) is 0 Å². The highest BCUT2D eigenvalue weighted by Gasteiger charge is 2.21. The largest absolute Gasteiger partial charge is 0.465 e. The predicted octanol–water partition coefficient (Wildman–Crippen LogP) is 3.31. The molecule has 3 aromatic rings. The Morgan fingerprint density at radius 3 is 2.35 bits per heavy atom. The molecule has 0 amide bonds. The minimum absolute atomic E-state index is 0.0983. The molecule has 26 heavy (non-hydrogen) atoms. The van der Waals surface area contributed by atoms with Crippen LogP contribution in [0, 0.1) is 5.82 Å². The van der Waals surface area contributed by atoms with Crippen molar-refractivity contribution in [3.8, 4) is 5.69 Å². The van der Waals surface area contributed by atoms with Gasteiger partial charge in [0.05, 0.1) is 24.2 Å². The second-order valence-electron chi connectivity index (χ2n) is 5.57. The molecule has 0 fully saturated rings. The summed E-state index contributed by atoms with van der Waals surface area (Å²) in [7, 11) is 0. The van der Waals surface area contributed by atoms with Gasteiger partial charge in [-0.15, -0.1) is 0 Å². The van der Waals surface area contributed by atoms with E-state index in [1.807, 2.05) is 4.57 Å². The van der Waals surface area contributed by atoms with Crippen LogP contribution in [0.3, 0.4) is 0 Å². The first kappa shape index (κ1) is 17.7. The summed E-state index contributed by atoms with van der Waals surface area (Å²) in [4.78, 5) is 24.3. The van der Waals surface area contributed by atoms with Gasteiger partial charge in [-0.05, 0) is 50.2 Å². The third-order valence-electron chi connectivity index (χ3n) is 3.94. The quantitative estimate of drug-likeness (QED) is 0.634. The van der Waals surface area contributed by atoms with Crippen LogP contribution in [0.15, 0.2) is 42.6 Å². The van der Waals surface area contributed by atoms with Crippen molar-refractivity contribution >= 4 is 23.0 Å². The molecule has 136 valence electrons. The van der Waals surface area contributed by atoms with E-state index in [0.717, 1.165) is 5.69 Å². The summed E-state index contributed by atoms with van der Waals surface area (Å²) in [5.41, 5.74) is 2.40. The van der Waals surface area contributed by atoms with Gasteiger partial charge < -0.3 is 18.6 Å². The summed E-state index contributed by atoms with van der Waals surface area (Å²) in [6.07, 6.45) is 1.80. The van der Waals surface area contributed by atoms with E-state index in [2.05, 4.69) is 0 Å².